The predicted octanol–water partition coefficient (Wildman–Crippen LogP) is 4.19. The van der Waals surface area contributed by atoms with Crippen LogP contribution < -0.4 is 10.0 Å². The quantitative estimate of drug-likeness (QED) is 0.530. The number of hydrogen-bond acceptors (Lipinski definition) is 6. The Bertz CT molecular complexity index is 1280. The van der Waals surface area contributed by atoms with Crippen LogP contribution >= 0.6 is 11.6 Å². The zero-order chi connectivity index (χ0) is 23.0. The lowest BCUT2D eigenvalue weighted by atomic mass is 10.1. The van der Waals surface area contributed by atoms with Crippen molar-refractivity contribution in [3.05, 3.63) is 58.4 Å². The number of aryl methyl sites for hydroxylation is 2. The molecule has 0 radical (unpaired) electrons. The van der Waals surface area contributed by atoms with E-state index in [9.17, 15) is 13.2 Å². The molecule has 1 atom stereocenters. The Kier molecular flexibility index (Phi) is 6.07. The SMILES string of the molecule is Cc1ccc(NC(=O)[C@@H](C)NS(=O)(=O)c2cc(-c3noc(C4CC4)n3)ccc2C)c(Cl)c1. The lowest BCUT2D eigenvalue weighted by Crippen LogP contribution is -2.41. The molecular formula is C22H23ClN4O4S. The van der Waals surface area contributed by atoms with Crippen LogP contribution in [0.15, 0.2) is 45.8 Å². The summed E-state index contributed by atoms with van der Waals surface area (Å²) < 4.78 is 33.8. The molecule has 3 aromatic rings. The molecule has 4 rings (SSSR count). The summed E-state index contributed by atoms with van der Waals surface area (Å²) in [4.78, 5) is 17.0. The highest BCUT2D eigenvalue weighted by molar-refractivity contribution is 7.89. The molecule has 0 bridgehead atoms. The Morgan fingerprint density at radius 2 is 1.94 bits per heavy atom. The molecule has 0 spiro atoms. The molecule has 1 saturated carbocycles. The fourth-order valence-corrected chi connectivity index (χ4v) is 4.95. The van der Waals surface area contributed by atoms with Crippen molar-refractivity contribution in [1.29, 1.82) is 0 Å². The van der Waals surface area contributed by atoms with E-state index < -0.39 is 22.0 Å². The summed E-state index contributed by atoms with van der Waals surface area (Å²) in [6.07, 6.45) is 2.04. The molecule has 1 heterocycles. The van der Waals surface area contributed by atoms with Crippen molar-refractivity contribution in [3.63, 3.8) is 0 Å². The van der Waals surface area contributed by atoms with Gasteiger partial charge in [0.15, 0.2) is 0 Å². The number of aromatic nitrogens is 2. The maximum Gasteiger partial charge on any atom is 0.242 e. The van der Waals surface area contributed by atoms with E-state index in [4.69, 9.17) is 16.1 Å². The predicted molar refractivity (Wildman–Crippen MR) is 121 cm³/mol. The zero-order valence-corrected chi connectivity index (χ0v) is 19.4. The van der Waals surface area contributed by atoms with Gasteiger partial charge in [0.2, 0.25) is 27.6 Å². The van der Waals surface area contributed by atoms with Crippen molar-refractivity contribution in [2.75, 3.05) is 5.32 Å². The van der Waals surface area contributed by atoms with Gasteiger partial charge in [-0.3, -0.25) is 4.79 Å². The monoisotopic (exact) mass is 474 g/mol. The van der Waals surface area contributed by atoms with Crippen LogP contribution in [-0.4, -0.2) is 30.5 Å². The number of anilines is 1. The Morgan fingerprint density at radius 1 is 1.19 bits per heavy atom. The van der Waals surface area contributed by atoms with Crippen molar-refractivity contribution in [3.8, 4) is 11.4 Å². The third kappa shape index (κ3) is 4.85. The van der Waals surface area contributed by atoms with Crippen LogP contribution in [-0.2, 0) is 14.8 Å². The number of benzene rings is 2. The molecule has 8 nitrogen and oxygen atoms in total. The fourth-order valence-electron chi connectivity index (χ4n) is 3.19. The van der Waals surface area contributed by atoms with Crippen LogP contribution in [0, 0.1) is 13.8 Å². The summed E-state index contributed by atoms with van der Waals surface area (Å²) in [5.41, 5.74) is 2.41. The Morgan fingerprint density at radius 3 is 2.62 bits per heavy atom. The van der Waals surface area contributed by atoms with E-state index in [1.54, 1.807) is 37.3 Å². The second kappa shape index (κ2) is 8.65. The first kappa shape index (κ1) is 22.4. The van der Waals surface area contributed by atoms with Gasteiger partial charge >= 0.3 is 0 Å². The zero-order valence-electron chi connectivity index (χ0n) is 17.8. The van der Waals surface area contributed by atoms with E-state index in [0.29, 0.717) is 39.5 Å². The topological polar surface area (TPSA) is 114 Å². The minimum Gasteiger partial charge on any atom is -0.339 e. The average molecular weight is 475 g/mol. The minimum atomic E-state index is -4.00. The van der Waals surface area contributed by atoms with Gasteiger partial charge in [0.25, 0.3) is 0 Å². The second-order valence-corrected chi connectivity index (χ2v) is 10.1. The van der Waals surface area contributed by atoms with E-state index in [1.165, 1.54) is 13.0 Å². The molecule has 168 valence electrons. The smallest absolute Gasteiger partial charge is 0.242 e. The van der Waals surface area contributed by atoms with Crippen molar-refractivity contribution >= 4 is 33.2 Å². The van der Waals surface area contributed by atoms with Crippen molar-refractivity contribution in [2.24, 2.45) is 0 Å². The number of sulfonamides is 1. The second-order valence-electron chi connectivity index (χ2n) is 8.03. The fraction of sp³-hybridized carbons (Fsp3) is 0.318. The van der Waals surface area contributed by atoms with E-state index in [1.807, 2.05) is 6.92 Å². The Hall–Kier alpha value is -2.75. The van der Waals surface area contributed by atoms with E-state index >= 15 is 0 Å². The first-order valence-corrected chi connectivity index (χ1v) is 12.0. The molecule has 1 aliphatic carbocycles. The molecule has 1 fully saturated rings. The van der Waals surface area contributed by atoms with Crippen LogP contribution in [0.4, 0.5) is 5.69 Å². The van der Waals surface area contributed by atoms with Crippen LogP contribution in [0.5, 0.6) is 0 Å². The van der Waals surface area contributed by atoms with E-state index in [-0.39, 0.29) is 4.90 Å². The molecule has 32 heavy (non-hydrogen) atoms. The largest absolute Gasteiger partial charge is 0.339 e. The van der Waals surface area contributed by atoms with E-state index in [2.05, 4.69) is 20.2 Å². The normalized spacial score (nSPS) is 14.9. The highest BCUT2D eigenvalue weighted by Crippen LogP contribution is 2.39. The van der Waals surface area contributed by atoms with Crippen molar-refractivity contribution in [2.45, 2.75) is 50.5 Å². The van der Waals surface area contributed by atoms with Gasteiger partial charge in [0, 0.05) is 11.5 Å². The number of nitrogens with one attached hydrogen (secondary N) is 2. The summed E-state index contributed by atoms with van der Waals surface area (Å²) in [5.74, 6) is 0.680. The number of halogens is 1. The molecule has 2 N–H and O–H groups in total. The first-order valence-electron chi connectivity index (χ1n) is 10.2. The number of nitrogens with zero attached hydrogens (tertiary/aromatic N) is 2. The highest BCUT2D eigenvalue weighted by Gasteiger charge is 2.30. The van der Waals surface area contributed by atoms with Crippen LogP contribution in [0.2, 0.25) is 5.02 Å². The third-order valence-corrected chi connectivity index (χ3v) is 7.21. The molecule has 0 aliphatic heterocycles. The maximum atomic E-state index is 13.1. The molecule has 1 amide bonds. The lowest BCUT2D eigenvalue weighted by molar-refractivity contribution is -0.117. The molecular weight excluding hydrogens is 452 g/mol. The molecule has 1 aromatic heterocycles. The first-order chi connectivity index (χ1) is 15.1. The van der Waals surface area contributed by atoms with Gasteiger partial charge < -0.3 is 9.84 Å². The van der Waals surface area contributed by atoms with Gasteiger partial charge in [0.05, 0.1) is 21.6 Å². The summed E-state index contributed by atoms with van der Waals surface area (Å²) in [5, 5.41) is 7.00. The summed E-state index contributed by atoms with van der Waals surface area (Å²) >= 11 is 6.16. The summed E-state index contributed by atoms with van der Waals surface area (Å²) in [7, 11) is -4.00. The van der Waals surface area contributed by atoms with E-state index in [0.717, 1.165) is 18.4 Å². The highest BCUT2D eigenvalue weighted by atomic mass is 35.5. The molecule has 1 aliphatic rings. The summed E-state index contributed by atoms with van der Waals surface area (Å²) in [6.45, 7) is 5.03. The van der Waals surface area contributed by atoms with Gasteiger partial charge in [-0.1, -0.05) is 35.0 Å². The number of carbonyl (C=O) groups excluding carboxylic acids is 1. The minimum absolute atomic E-state index is 0.0424. The molecule has 0 unspecified atom stereocenters. The Balaban J connectivity index is 1.52. The van der Waals surface area contributed by atoms with Crippen LogP contribution in [0.3, 0.4) is 0 Å². The van der Waals surface area contributed by atoms with Crippen LogP contribution in [0.1, 0.15) is 42.7 Å². The Labute approximate surface area is 191 Å². The lowest BCUT2D eigenvalue weighted by Gasteiger charge is -2.16. The molecule has 0 saturated heterocycles. The van der Waals surface area contributed by atoms with Gasteiger partial charge in [-0.25, -0.2) is 8.42 Å². The number of carbonyl (C=O) groups is 1. The van der Waals surface area contributed by atoms with Crippen molar-refractivity contribution in [1.82, 2.24) is 14.9 Å². The standard InChI is InChI=1S/C22H23ClN4O4S/c1-12-4-9-18(17(23)10-12)24-21(28)14(3)27-32(29,30)19-11-16(6-5-13(19)2)20-25-22(31-26-20)15-7-8-15/h4-6,9-11,14-15,27H,7-8H2,1-3H3,(H,24,28)/t14-/m1/s1. The number of hydrogen-bond donors (Lipinski definition) is 2. The van der Waals surface area contributed by atoms with Gasteiger partial charge in [-0.2, -0.15) is 9.71 Å². The van der Waals surface area contributed by atoms with Gasteiger partial charge in [0.1, 0.15) is 0 Å². The van der Waals surface area contributed by atoms with Crippen LogP contribution in [0.25, 0.3) is 11.4 Å². The molecule has 10 heteroatoms. The maximum absolute atomic E-state index is 13.1. The number of amides is 1. The third-order valence-electron chi connectivity index (χ3n) is 5.21. The van der Waals surface area contributed by atoms with Crippen molar-refractivity contribution < 1.29 is 17.7 Å². The van der Waals surface area contributed by atoms with Gasteiger partial charge in [-0.15, -0.1) is 0 Å². The summed E-state index contributed by atoms with van der Waals surface area (Å²) in [6, 6.07) is 9.06. The number of rotatable bonds is 7. The average Bonchev–Trinajstić information content (AvgIpc) is 3.47. The molecule has 2 aromatic carbocycles. The van der Waals surface area contributed by atoms with Gasteiger partial charge in [-0.05, 0) is 62.9 Å².